The molecule has 1 amide bonds. The van der Waals surface area contributed by atoms with E-state index in [0.29, 0.717) is 12.5 Å². The second-order valence-electron chi connectivity index (χ2n) is 6.45. The van der Waals surface area contributed by atoms with Crippen molar-refractivity contribution < 1.29 is 9.53 Å². The fraction of sp³-hybridized carbons (Fsp3) is 0.333. The van der Waals surface area contributed by atoms with Gasteiger partial charge in [-0.3, -0.25) is 4.79 Å². The second kappa shape index (κ2) is 10.7. The quantitative estimate of drug-likeness (QED) is 0.522. The molecule has 2 aromatic rings. The minimum atomic E-state index is -0.167. The van der Waals surface area contributed by atoms with E-state index in [0.717, 1.165) is 17.1 Å². The predicted octanol–water partition coefficient (Wildman–Crippen LogP) is 4.49. The Labute approximate surface area is 160 Å². The Morgan fingerprint density at radius 3 is 2.46 bits per heavy atom. The van der Waals surface area contributed by atoms with E-state index in [-0.39, 0.29) is 11.2 Å². The summed E-state index contributed by atoms with van der Waals surface area (Å²) in [5.74, 6) is 2.04. The summed E-state index contributed by atoms with van der Waals surface area (Å²) in [4.78, 5) is 12.1. The fourth-order valence-electron chi connectivity index (χ4n) is 2.05. The van der Waals surface area contributed by atoms with Crippen LogP contribution in [-0.2, 0) is 10.5 Å². The molecule has 1 unspecified atom stereocenters. The zero-order chi connectivity index (χ0) is 18.8. The molecule has 0 saturated heterocycles. The van der Waals surface area contributed by atoms with Gasteiger partial charge in [0.15, 0.2) is 0 Å². The first-order valence-electron chi connectivity index (χ1n) is 8.76. The minimum absolute atomic E-state index is 0.0981. The molecule has 0 aliphatic heterocycles. The lowest BCUT2D eigenvalue weighted by Crippen LogP contribution is -2.26. The van der Waals surface area contributed by atoms with Gasteiger partial charge < -0.3 is 4.74 Å². The number of nitrogens with zero attached hydrogens (tertiary/aromatic N) is 1. The summed E-state index contributed by atoms with van der Waals surface area (Å²) in [6, 6.07) is 17.8. The monoisotopic (exact) mass is 370 g/mol. The Morgan fingerprint density at radius 2 is 1.81 bits per heavy atom. The van der Waals surface area contributed by atoms with E-state index < -0.39 is 0 Å². The van der Waals surface area contributed by atoms with Gasteiger partial charge in [0.25, 0.3) is 5.91 Å². The molecular formula is C21H26N2O2S. The average molecular weight is 371 g/mol. The van der Waals surface area contributed by atoms with Gasteiger partial charge in [0.1, 0.15) is 5.75 Å². The summed E-state index contributed by atoms with van der Waals surface area (Å²) >= 11 is 1.59. The van der Waals surface area contributed by atoms with Crippen LogP contribution < -0.4 is 10.2 Å². The summed E-state index contributed by atoms with van der Waals surface area (Å²) in [6.07, 6.45) is 1.64. The smallest absolute Gasteiger partial charge is 0.252 e. The van der Waals surface area contributed by atoms with Crippen LogP contribution in [0.5, 0.6) is 5.75 Å². The molecule has 0 aliphatic carbocycles. The van der Waals surface area contributed by atoms with Gasteiger partial charge in [0.05, 0.1) is 18.1 Å². The largest absolute Gasteiger partial charge is 0.493 e. The van der Waals surface area contributed by atoms with Crippen molar-refractivity contribution in [1.82, 2.24) is 5.43 Å². The first kappa shape index (κ1) is 20.0. The SMILES string of the molecule is CC(C)COc1ccc(C=NNC(=O)C(C)SCc2ccccc2)cc1. The van der Waals surface area contributed by atoms with E-state index in [9.17, 15) is 4.79 Å². The number of hydrazone groups is 1. The summed E-state index contributed by atoms with van der Waals surface area (Å²) in [6.45, 7) is 6.81. The Balaban J connectivity index is 1.75. The van der Waals surface area contributed by atoms with Crippen LogP contribution in [0.4, 0.5) is 0 Å². The lowest BCUT2D eigenvalue weighted by molar-refractivity contribution is -0.120. The molecule has 1 atom stereocenters. The van der Waals surface area contributed by atoms with Crippen LogP contribution in [0.2, 0.25) is 0 Å². The lowest BCUT2D eigenvalue weighted by Gasteiger charge is -2.09. The molecule has 2 aromatic carbocycles. The van der Waals surface area contributed by atoms with Gasteiger partial charge in [0.2, 0.25) is 0 Å². The van der Waals surface area contributed by atoms with Crippen molar-refractivity contribution in [2.24, 2.45) is 11.0 Å². The van der Waals surface area contributed by atoms with Crippen LogP contribution in [-0.4, -0.2) is 24.0 Å². The third kappa shape index (κ3) is 7.31. The second-order valence-corrected chi connectivity index (χ2v) is 7.78. The number of thioether (sulfide) groups is 1. The predicted molar refractivity (Wildman–Crippen MR) is 110 cm³/mol. The summed E-state index contributed by atoms with van der Waals surface area (Å²) < 4.78 is 5.64. The summed E-state index contributed by atoms with van der Waals surface area (Å²) in [5.41, 5.74) is 4.72. The summed E-state index contributed by atoms with van der Waals surface area (Å²) in [7, 11) is 0. The number of hydrogen-bond donors (Lipinski definition) is 1. The number of rotatable bonds is 9. The van der Waals surface area contributed by atoms with Crippen molar-refractivity contribution >= 4 is 23.9 Å². The highest BCUT2D eigenvalue weighted by molar-refractivity contribution is 7.99. The highest BCUT2D eigenvalue weighted by Gasteiger charge is 2.12. The van der Waals surface area contributed by atoms with Crippen LogP contribution in [0.1, 0.15) is 31.9 Å². The molecule has 0 bridgehead atoms. The molecule has 5 heteroatoms. The lowest BCUT2D eigenvalue weighted by atomic mass is 10.2. The molecule has 0 heterocycles. The van der Waals surface area contributed by atoms with Crippen molar-refractivity contribution in [1.29, 1.82) is 0 Å². The van der Waals surface area contributed by atoms with Gasteiger partial charge in [-0.15, -0.1) is 11.8 Å². The van der Waals surface area contributed by atoms with E-state index in [2.05, 4.69) is 36.5 Å². The Hall–Kier alpha value is -2.27. The Morgan fingerprint density at radius 1 is 1.12 bits per heavy atom. The molecule has 4 nitrogen and oxygen atoms in total. The minimum Gasteiger partial charge on any atom is -0.493 e. The third-order valence-electron chi connectivity index (χ3n) is 3.56. The molecule has 0 radical (unpaired) electrons. The van der Waals surface area contributed by atoms with Crippen LogP contribution >= 0.6 is 11.8 Å². The number of nitrogens with one attached hydrogen (secondary N) is 1. The van der Waals surface area contributed by atoms with E-state index in [1.165, 1.54) is 5.56 Å². The molecule has 26 heavy (non-hydrogen) atoms. The van der Waals surface area contributed by atoms with Gasteiger partial charge in [-0.25, -0.2) is 5.43 Å². The number of hydrogen-bond acceptors (Lipinski definition) is 4. The van der Waals surface area contributed by atoms with Crippen molar-refractivity contribution in [2.75, 3.05) is 6.61 Å². The van der Waals surface area contributed by atoms with E-state index >= 15 is 0 Å². The van der Waals surface area contributed by atoms with Crippen LogP contribution in [0, 0.1) is 5.92 Å². The third-order valence-corrected chi connectivity index (χ3v) is 4.78. The maximum Gasteiger partial charge on any atom is 0.252 e. The van der Waals surface area contributed by atoms with Crippen LogP contribution in [0.25, 0.3) is 0 Å². The molecule has 0 saturated carbocycles. The highest BCUT2D eigenvalue weighted by Crippen LogP contribution is 2.17. The highest BCUT2D eigenvalue weighted by atomic mass is 32.2. The number of carbonyl (C=O) groups excluding carboxylic acids is 1. The topological polar surface area (TPSA) is 50.7 Å². The Kier molecular flexibility index (Phi) is 8.22. The number of amides is 1. The summed E-state index contributed by atoms with van der Waals surface area (Å²) in [5, 5.41) is 3.88. The van der Waals surface area contributed by atoms with Gasteiger partial charge in [-0.1, -0.05) is 44.2 Å². The first-order chi connectivity index (χ1) is 12.5. The van der Waals surface area contributed by atoms with E-state index in [4.69, 9.17) is 4.74 Å². The van der Waals surface area contributed by atoms with Gasteiger partial charge in [0, 0.05) is 5.75 Å². The molecular weight excluding hydrogens is 344 g/mol. The standard InChI is InChI=1S/C21H26N2O2S/c1-16(2)14-25-20-11-9-18(10-12-20)13-22-23-21(24)17(3)26-15-19-7-5-4-6-8-19/h4-13,16-17H,14-15H2,1-3H3,(H,23,24). The van der Waals surface area contributed by atoms with Gasteiger partial charge in [-0.2, -0.15) is 5.10 Å². The van der Waals surface area contributed by atoms with Crippen molar-refractivity contribution in [3.8, 4) is 5.75 Å². The van der Waals surface area contributed by atoms with E-state index in [1.54, 1.807) is 18.0 Å². The molecule has 0 spiro atoms. The number of carbonyl (C=O) groups is 1. The number of benzene rings is 2. The molecule has 2 rings (SSSR count). The van der Waals surface area contributed by atoms with Crippen LogP contribution in [0.3, 0.4) is 0 Å². The fourth-order valence-corrected chi connectivity index (χ4v) is 2.88. The number of ether oxygens (including phenoxy) is 1. The van der Waals surface area contributed by atoms with Crippen molar-refractivity contribution in [2.45, 2.75) is 31.8 Å². The Bertz CT molecular complexity index is 700. The molecule has 0 aliphatic rings. The normalized spacial score (nSPS) is 12.3. The van der Waals surface area contributed by atoms with Crippen LogP contribution in [0.15, 0.2) is 59.7 Å². The zero-order valence-corrected chi connectivity index (χ0v) is 16.3. The van der Waals surface area contributed by atoms with Gasteiger partial charge >= 0.3 is 0 Å². The average Bonchev–Trinajstić information content (AvgIpc) is 2.66. The van der Waals surface area contributed by atoms with Gasteiger partial charge in [-0.05, 0) is 48.2 Å². The van der Waals surface area contributed by atoms with E-state index in [1.807, 2.05) is 49.4 Å². The molecule has 0 aromatic heterocycles. The maximum absolute atomic E-state index is 12.1. The van der Waals surface area contributed by atoms with Crippen molar-refractivity contribution in [3.05, 3.63) is 65.7 Å². The molecule has 1 N–H and O–H groups in total. The van der Waals surface area contributed by atoms with Crippen molar-refractivity contribution in [3.63, 3.8) is 0 Å². The molecule has 0 fully saturated rings. The zero-order valence-electron chi connectivity index (χ0n) is 15.5. The first-order valence-corrected chi connectivity index (χ1v) is 9.81. The maximum atomic E-state index is 12.1. The molecule has 138 valence electrons.